The molecule has 3 heterocycles. The lowest BCUT2D eigenvalue weighted by molar-refractivity contribution is -0.145. The molecule has 0 radical (unpaired) electrons. The molecule has 1 saturated carbocycles. The molecule has 6 amide bonds. The second-order valence-electron chi connectivity index (χ2n) is 12.1. The fourth-order valence-electron chi connectivity index (χ4n) is 6.31. The van der Waals surface area contributed by atoms with E-state index >= 15 is 0 Å². The summed E-state index contributed by atoms with van der Waals surface area (Å²) >= 11 is 0. The molecule has 1 aromatic rings. The third kappa shape index (κ3) is 6.65. The van der Waals surface area contributed by atoms with E-state index in [-0.39, 0.29) is 80.9 Å². The third-order valence-corrected chi connectivity index (χ3v) is 8.94. The number of hydrogen-bond donors (Lipinski definition) is 4. The molecule has 1 aliphatic carbocycles. The Bertz CT molecular complexity index is 1310. The van der Waals surface area contributed by atoms with Crippen molar-refractivity contribution in [2.75, 3.05) is 45.9 Å². The zero-order valence-corrected chi connectivity index (χ0v) is 24.5. The highest BCUT2D eigenvalue weighted by Gasteiger charge is 2.64. The van der Waals surface area contributed by atoms with Gasteiger partial charge in [0.15, 0.2) is 0 Å². The van der Waals surface area contributed by atoms with Gasteiger partial charge in [-0.1, -0.05) is 25.1 Å². The van der Waals surface area contributed by atoms with Gasteiger partial charge in [0.05, 0.1) is 25.7 Å². The van der Waals surface area contributed by atoms with E-state index in [1.54, 1.807) is 4.90 Å². The molecule has 1 aromatic carbocycles. The van der Waals surface area contributed by atoms with Crippen LogP contribution in [0.4, 0.5) is 9.59 Å². The number of carboxylic acid groups (broad SMARTS) is 2. The predicted molar refractivity (Wildman–Crippen MR) is 153 cm³/mol. The van der Waals surface area contributed by atoms with Crippen molar-refractivity contribution in [2.24, 2.45) is 5.41 Å². The minimum atomic E-state index is -1.30. The van der Waals surface area contributed by atoms with Crippen molar-refractivity contribution in [1.29, 1.82) is 0 Å². The second-order valence-corrected chi connectivity index (χ2v) is 12.1. The van der Waals surface area contributed by atoms with Crippen LogP contribution in [0.2, 0.25) is 0 Å². The molecule has 4 aliphatic rings. The Morgan fingerprint density at radius 3 is 2.34 bits per heavy atom. The van der Waals surface area contributed by atoms with Crippen molar-refractivity contribution in [1.82, 2.24) is 30.2 Å². The summed E-state index contributed by atoms with van der Waals surface area (Å²) in [6.45, 7) is 2.08. The minimum absolute atomic E-state index is 0.0198. The Morgan fingerprint density at radius 2 is 1.66 bits per heavy atom. The molecular weight excluding hydrogens is 576 g/mol. The number of para-hydroxylation sites is 1. The Morgan fingerprint density at radius 1 is 0.932 bits per heavy atom. The molecule has 4 N–H and O–H groups in total. The van der Waals surface area contributed by atoms with E-state index < -0.39 is 30.2 Å². The van der Waals surface area contributed by atoms with Crippen LogP contribution in [0.25, 0.3) is 0 Å². The van der Waals surface area contributed by atoms with E-state index in [2.05, 4.69) is 10.6 Å². The number of hydrogen-bond acceptors (Lipinski definition) is 7. The molecule has 15 nitrogen and oxygen atoms in total. The van der Waals surface area contributed by atoms with Crippen molar-refractivity contribution >= 4 is 35.8 Å². The zero-order valence-electron chi connectivity index (χ0n) is 24.5. The first-order valence-corrected chi connectivity index (χ1v) is 14.8. The number of carbonyl (C=O) groups is 6. The average molecular weight is 615 g/mol. The molecule has 0 bridgehead atoms. The van der Waals surface area contributed by atoms with Gasteiger partial charge in [-0.05, 0) is 36.8 Å². The standard InChI is InChI=1S/C29H38N6O9/c1-29-12-20(35(22(29)13-29)24(37)14-30-23(36)8-5-11-44-19-6-3-2-4-7-19)25(38)31-18-15-33(16-18)26(39)21-17-32(27(40)41)9-10-34(21)28(42)43/h2-4,6-7,18,20-22H,5,8-17H2,1H3,(H,30,36)(H,31,38)(H,40,41)(H,42,43)/t20-,21?,22-,29+/m0/s1. The number of ether oxygens (including phenoxy) is 1. The molecule has 3 aliphatic heterocycles. The van der Waals surface area contributed by atoms with Gasteiger partial charge in [0.25, 0.3) is 0 Å². The second kappa shape index (κ2) is 12.6. The van der Waals surface area contributed by atoms with Crippen LogP contribution in [0.15, 0.2) is 30.3 Å². The number of fused-ring (bicyclic) bond motifs is 1. The Kier molecular flexibility index (Phi) is 8.83. The van der Waals surface area contributed by atoms with Crippen LogP contribution in [0.3, 0.4) is 0 Å². The normalized spacial score (nSPS) is 25.9. The van der Waals surface area contributed by atoms with Crippen LogP contribution in [0.5, 0.6) is 5.75 Å². The first-order chi connectivity index (χ1) is 21.0. The fraction of sp³-hybridized carbons (Fsp3) is 0.586. The lowest BCUT2D eigenvalue weighted by atomic mass is 10.00. The van der Waals surface area contributed by atoms with Gasteiger partial charge in [-0.15, -0.1) is 0 Å². The fourth-order valence-corrected chi connectivity index (χ4v) is 6.31. The maximum Gasteiger partial charge on any atom is 0.408 e. The lowest BCUT2D eigenvalue weighted by Gasteiger charge is -2.45. The lowest BCUT2D eigenvalue weighted by Crippen LogP contribution is -2.68. The van der Waals surface area contributed by atoms with Crippen LogP contribution in [0.1, 0.15) is 32.6 Å². The highest BCUT2D eigenvalue weighted by molar-refractivity contribution is 5.92. The number of benzene rings is 1. The molecular formula is C29H38N6O9. The number of amides is 6. The van der Waals surface area contributed by atoms with Gasteiger partial charge in [0.2, 0.25) is 23.6 Å². The van der Waals surface area contributed by atoms with Crippen molar-refractivity contribution in [3.63, 3.8) is 0 Å². The Balaban J connectivity index is 1.07. The molecule has 4 fully saturated rings. The topological polar surface area (TPSA) is 189 Å². The van der Waals surface area contributed by atoms with Crippen molar-refractivity contribution in [3.05, 3.63) is 30.3 Å². The molecule has 5 rings (SSSR count). The largest absolute Gasteiger partial charge is 0.494 e. The monoisotopic (exact) mass is 614 g/mol. The summed E-state index contributed by atoms with van der Waals surface area (Å²) in [5.74, 6) is -0.743. The van der Waals surface area contributed by atoms with Gasteiger partial charge in [0, 0.05) is 38.6 Å². The van der Waals surface area contributed by atoms with Gasteiger partial charge in [0.1, 0.15) is 17.8 Å². The number of piperidine rings is 1. The maximum atomic E-state index is 13.3. The summed E-state index contributed by atoms with van der Waals surface area (Å²) in [5, 5.41) is 24.3. The van der Waals surface area contributed by atoms with E-state index in [9.17, 15) is 39.0 Å². The van der Waals surface area contributed by atoms with Gasteiger partial charge in [-0.2, -0.15) is 0 Å². The minimum Gasteiger partial charge on any atom is -0.494 e. The summed E-state index contributed by atoms with van der Waals surface area (Å²) in [6.07, 6.45) is -0.564. The number of piperazine rings is 1. The first-order valence-electron chi connectivity index (χ1n) is 14.8. The van der Waals surface area contributed by atoms with Crippen LogP contribution in [-0.2, 0) is 19.2 Å². The predicted octanol–water partition coefficient (Wildman–Crippen LogP) is 0.0105. The van der Waals surface area contributed by atoms with E-state index in [1.165, 1.54) is 4.90 Å². The molecule has 0 spiro atoms. The van der Waals surface area contributed by atoms with Gasteiger partial charge in [-0.25, -0.2) is 9.59 Å². The quantitative estimate of drug-likeness (QED) is 0.263. The smallest absolute Gasteiger partial charge is 0.408 e. The summed E-state index contributed by atoms with van der Waals surface area (Å²) in [7, 11) is 0. The van der Waals surface area contributed by atoms with Crippen LogP contribution >= 0.6 is 0 Å². The van der Waals surface area contributed by atoms with Gasteiger partial charge >= 0.3 is 12.2 Å². The highest BCUT2D eigenvalue weighted by Crippen LogP contribution is 2.59. The Hall–Kier alpha value is -4.56. The molecule has 238 valence electrons. The van der Waals surface area contributed by atoms with Crippen molar-refractivity contribution in [2.45, 2.75) is 56.8 Å². The summed E-state index contributed by atoms with van der Waals surface area (Å²) in [5.41, 5.74) is -0.157. The molecule has 4 atom stereocenters. The highest BCUT2D eigenvalue weighted by atomic mass is 16.5. The molecule has 0 aromatic heterocycles. The van der Waals surface area contributed by atoms with Crippen molar-refractivity contribution in [3.8, 4) is 5.75 Å². The van der Waals surface area contributed by atoms with Crippen LogP contribution in [-0.4, -0.2) is 136 Å². The molecule has 15 heteroatoms. The maximum absolute atomic E-state index is 13.3. The molecule has 44 heavy (non-hydrogen) atoms. The van der Waals surface area contributed by atoms with E-state index in [1.807, 2.05) is 37.3 Å². The van der Waals surface area contributed by atoms with Gasteiger partial charge in [-0.3, -0.25) is 24.1 Å². The Labute approximate surface area is 254 Å². The third-order valence-electron chi connectivity index (χ3n) is 8.94. The van der Waals surface area contributed by atoms with E-state index in [4.69, 9.17) is 4.74 Å². The number of nitrogens with zero attached hydrogens (tertiary/aromatic N) is 4. The van der Waals surface area contributed by atoms with Crippen LogP contribution < -0.4 is 15.4 Å². The number of likely N-dealkylation sites (tertiary alicyclic amines) is 2. The molecule has 1 unspecified atom stereocenters. The summed E-state index contributed by atoms with van der Waals surface area (Å²) < 4.78 is 5.59. The number of rotatable bonds is 10. The van der Waals surface area contributed by atoms with Crippen LogP contribution in [0, 0.1) is 5.41 Å². The summed E-state index contributed by atoms with van der Waals surface area (Å²) in [4.78, 5) is 79.8. The SMILES string of the molecule is C[C@@]12C[C@@H]1N(C(=O)CNC(=O)CCCOc1ccccc1)[C@H](C(=O)NC1CN(C(=O)C3CN(C(=O)O)CCN3C(=O)O)C1)C2. The van der Waals surface area contributed by atoms with E-state index in [0.717, 1.165) is 22.0 Å². The summed E-state index contributed by atoms with van der Waals surface area (Å²) in [6, 6.07) is 6.95. The molecule has 3 saturated heterocycles. The van der Waals surface area contributed by atoms with E-state index in [0.29, 0.717) is 19.4 Å². The number of nitrogens with one attached hydrogen (secondary N) is 2. The van der Waals surface area contributed by atoms with Crippen molar-refractivity contribution < 1.29 is 43.7 Å². The average Bonchev–Trinajstić information content (AvgIpc) is 3.54. The number of carbonyl (C=O) groups excluding carboxylic acids is 4. The first kappa shape index (κ1) is 30.9. The van der Waals surface area contributed by atoms with Gasteiger partial charge < -0.3 is 40.3 Å². The zero-order chi connectivity index (χ0) is 31.6.